The lowest BCUT2D eigenvalue weighted by Gasteiger charge is -2.41. The Labute approximate surface area is 558 Å². The molecule has 0 aliphatic carbocycles. The first-order valence-corrected chi connectivity index (χ1v) is 38.0. The van der Waals surface area contributed by atoms with E-state index in [1.807, 2.05) is 6.08 Å². The highest BCUT2D eigenvalue weighted by Crippen LogP contribution is 2.26. The van der Waals surface area contributed by atoms with Gasteiger partial charge in [-0.05, 0) is 103 Å². The van der Waals surface area contributed by atoms with E-state index in [9.17, 15) is 35.1 Å². The molecule has 1 amide bonds. The summed E-state index contributed by atoms with van der Waals surface area (Å²) in [7, 11) is 0. The van der Waals surface area contributed by atoms with Crippen LogP contribution in [0.2, 0.25) is 0 Å². The second kappa shape index (κ2) is 66.6. The van der Waals surface area contributed by atoms with Crippen LogP contribution < -0.4 is 5.32 Å². The molecule has 0 bridgehead atoms. The summed E-state index contributed by atoms with van der Waals surface area (Å²) >= 11 is 0. The first kappa shape index (κ1) is 85.6. The third kappa shape index (κ3) is 53.5. The Morgan fingerprint density at radius 2 is 0.791 bits per heavy atom. The van der Waals surface area contributed by atoms with Crippen molar-refractivity contribution in [3.8, 4) is 0 Å². The Morgan fingerprint density at radius 3 is 1.21 bits per heavy atom. The number of hydrogen-bond donors (Lipinski definition) is 6. The van der Waals surface area contributed by atoms with E-state index in [0.717, 1.165) is 109 Å². The summed E-state index contributed by atoms with van der Waals surface area (Å²) in [6.45, 7) is 5.68. The van der Waals surface area contributed by atoms with Crippen LogP contribution in [-0.4, -0.2) is 99.6 Å². The lowest BCUT2D eigenvalue weighted by atomic mass is 9.99. The van der Waals surface area contributed by atoms with Crippen LogP contribution in [0.25, 0.3) is 0 Å². The van der Waals surface area contributed by atoms with Crippen LogP contribution in [-0.2, 0) is 23.8 Å². The predicted octanol–water partition coefficient (Wildman–Crippen LogP) is 20.2. The lowest BCUT2D eigenvalue weighted by molar-refractivity contribution is -0.305. The summed E-state index contributed by atoms with van der Waals surface area (Å²) < 4.78 is 17.7. The van der Waals surface area contributed by atoms with Crippen LogP contribution in [0.5, 0.6) is 0 Å². The van der Waals surface area contributed by atoms with Crippen LogP contribution in [0, 0.1) is 0 Å². The maximum Gasteiger partial charge on any atom is 0.306 e. The van der Waals surface area contributed by atoms with Gasteiger partial charge in [0.2, 0.25) is 5.91 Å². The molecule has 0 saturated carbocycles. The quantitative estimate of drug-likeness (QED) is 0.0195. The van der Waals surface area contributed by atoms with E-state index in [1.165, 1.54) is 180 Å². The van der Waals surface area contributed by atoms with E-state index < -0.39 is 67.4 Å². The number of rotatable bonds is 65. The molecule has 1 fully saturated rings. The van der Waals surface area contributed by atoms with Gasteiger partial charge < -0.3 is 45.1 Å². The van der Waals surface area contributed by atoms with Crippen LogP contribution in [0.15, 0.2) is 97.2 Å². The lowest BCUT2D eigenvalue weighted by Crippen LogP contribution is -2.61. The fourth-order valence-electron chi connectivity index (χ4n) is 11.5. The van der Waals surface area contributed by atoms with Gasteiger partial charge in [-0.2, -0.15) is 0 Å². The molecule has 8 atom stereocenters. The number of unbranched alkanes of at least 4 members (excludes halogenated alkanes) is 37. The average molecular weight is 1280 g/mol. The molecular formula is C80H141NO10. The molecule has 1 aliphatic rings. The number of ether oxygens (including phenoxy) is 3. The van der Waals surface area contributed by atoms with Gasteiger partial charge in [0.1, 0.15) is 24.4 Å². The van der Waals surface area contributed by atoms with Gasteiger partial charge >= 0.3 is 5.97 Å². The van der Waals surface area contributed by atoms with Crippen molar-refractivity contribution in [2.75, 3.05) is 13.2 Å². The van der Waals surface area contributed by atoms with E-state index in [-0.39, 0.29) is 19.4 Å². The molecule has 11 heteroatoms. The molecule has 0 spiro atoms. The Balaban J connectivity index is 2.51. The highest BCUT2D eigenvalue weighted by molar-refractivity contribution is 5.80. The summed E-state index contributed by atoms with van der Waals surface area (Å²) in [6.07, 6.45) is 80.3. The zero-order chi connectivity index (χ0) is 66.0. The monoisotopic (exact) mass is 1280 g/mol. The number of aliphatic hydroxyl groups excluding tert-OH is 5. The fraction of sp³-hybridized carbons (Fsp3) is 0.775. The average Bonchev–Trinajstić information content (AvgIpc) is 1.13. The Kier molecular flexibility index (Phi) is 62.6. The maximum atomic E-state index is 13.5. The van der Waals surface area contributed by atoms with Crippen LogP contribution in [0.1, 0.15) is 335 Å². The molecule has 1 rings (SSSR count). The normalized spacial score (nSPS) is 18.5. The predicted molar refractivity (Wildman–Crippen MR) is 384 cm³/mol. The molecule has 0 aromatic heterocycles. The number of carbonyl (C=O) groups excluding carboxylic acids is 2. The second-order valence-corrected chi connectivity index (χ2v) is 26.0. The SMILES string of the molecule is CC/C=C\C/C=C\C/C=C\C/C=C\C/C=C\CCCCCCCCCCCC(=O)OC1C(OCC(NC(=O)C(O)CCCCCCCCCCCCCCCCCC/C=C\C/C=C\CCCCC)C(O)/C=C/CCCCCCCCCCC)OC(CO)C(O)C1O. The topological polar surface area (TPSA) is 175 Å². The third-order valence-electron chi connectivity index (χ3n) is 17.5. The van der Waals surface area contributed by atoms with Crippen molar-refractivity contribution < 1.29 is 49.3 Å². The van der Waals surface area contributed by atoms with Crippen LogP contribution >= 0.6 is 0 Å². The van der Waals surface area contributed by atoms with Crippen molar-refractivity contribution >= 4 is 11.9 Å². The maximum absolute atomic E-state index is 13.5. The molecule has 0 aromatic rings. The first-order chi connectivity index (χ1) is 44.7. The molecule has 0 radical (unpaired) electrons. The molecular weight excluding hydrogens is 1130 g/mol. The number of carbonyl (C=O) groups is 2. The van der Waals surface area contributed by atoms with Gasteiger partial charge in [-0.3, -0.25) is 9.59 Å². The van der Waals surface area contributed by atoms with Crippen molar-refractivity contribution in [2.24, 2.45) is 0 Å². The molecule has 1 aliphatic heterocycles. The zero-order valence-electron chi connectivity index (χ0n) is 58.7. The highest BCUT2D eigenvalue weighted by Gasteiger charge is 2.47. The Hall–Kier alpha value is -3.42. The summed E-state index contributed by atoms with van der Waals surface area (Å²) in [5, 5.41) is 57.3. The molecule has 6 N–H and O–H groups in total. The molecule has 91 heavy (non-hydrogen) atoms. The van der Waals surface area contributed by atoms with E-state index in [1.54, 1.807) is 6.08 Å². The Bertz CT molecular complexity index is 1860. The largest absolute Gasteiger partial charge is 0.454 e. The summed E-state index contributed by atoms with van der Waals surface area (Å²) in [4.78, 5) is 26.7. The van der Waals surface area contributed by atoms with Crippen LogP contribution in [0.3, 0.4) is 0 Å². The Morgan fingerprint density at radius 1 is 0.440 bits per heavy atom. The van der Waals surface area contributed by atoms with Crippen molar-refractivity contribution in [2.45, 2.75) is 384 Å². The van der Waals surface area contributed by atoms with Gasteiger partial charge in [0.05, 0.1) is 25.4 Å². The molecule has 0 aromatic carbocycles. The van der Waals surface area contributed by atoms with Gasteiger partial charge in [-0.15, -0.1) is 0 Å². The van der Waals surface area contributed by atoms with Gasteiger partial charge in [0.15, 0.2) is 12.4 Å². The van der Waals surface area contributed by atoms with Crippen molar-refractivity contribution in [1.82, 2.24) is 5.32 Å². The van der Waals surface area contributed by atoms with Gasteiger partial charge in [0, 0.05) is 6.42 Å². The number of amides is 1. The number of allylic oxidation sites excluding steroid dienone is 15. The number of esters is 1. The summed E-state index contributed by atoms with van der Waals surface area (Å²) in [6, 6.07) is -1.03. The standard InChI is InChI=1S/C80H141NO10/c1-4-7-10-13-16-19-22-24-26-28-30-32-34-36-38-39-41-43-45-47-49-52-55-58-61-64-67-73(84)79(88)81-71(72(83)66-63-60-57-54-51-21-18-15-12-9-6-3)70-89-80-78(77(87)76(86)74(69-82)90-80)91-75(85)68-65-62-59-56-53-50-48-46-44-42-40-37-35-33-31-29-27-25-23-20-17-14-11-8-5-2/h8,11,16-17,19-20,24-27,31,33,37,40,63,66,71-74,76-78,80,82-84,86-87H,4-7,9-10,12-15,18,21-23,28-30,32,34-36,38-39,41-62,64-65,67-70H2,1-3H3,(H,81,88)/b11-8-,19-16-,20-17-,26-24-,27-25-,33-31-,40-37-,66-63+. The summed E-state index contributed by atoms with van der Waals surface area (Å²) in [5.74, 6) is -1.20. The zero-order valence-corrected chi connectivity index (χ0v) is 58.7. The second-order valence-electron chi connectivity index (χ2n) is 26.0. The van der Waals surface area contributed by atoms with E-state index in [0.29, 0.717) is 12.8 Å². The van der Waals surface area contributed by atoms with E-state index in [4.69, 9.17) is 14.2 Å². The minimum atomic E-state index is -1.62. The molecule has 1 heterocycles. The third-order valence-corrected chi connectivity index (χ3v) is 17.5. The van der Waals surface area contributed by atoms with Crippen molar-refractivity contribution in [1.29, 1.82) is 0 Å². The summed E-state index contributed by atoms with van der Waals surface area (Å²) in [5.41, 5.74) is 0. The number of hydrogen-bond acceptors (Lipinski definition) is 10. The molecule has 526 valence electrons. The van der Waals surface area contributed by atoms with E-state index >= 15 is 0 Å². The van der Waals surface area contributed by atoms with Gasteiger partial charge in [-0.1, -0.05) is 323 Å². The van der Waals surface area contributed by atoms with E-state index in [2.05, 4.69) is 111 Å². The minimum Gasteiger partial charge on any atom is -0.454 e. The molecule has 8 unspecified atom stereocenters. The van der Waals surface area contributed by atoms with Crippen LogP contribution in [0.4, 0.5) is 0 Å². The number of aliphatic hydroxyl groups is 5. The van der Waals surface area contributed by atoms with Gasteiger partial charge in [-0.25, -0.2) is 0 Å². The molecule has 11 nitrogen and oxygen atoms in total. The highest BCUT2D eigenvalue weighted by atomic mass is 16.7. The minimum absolute atomic E-state index is 0.113. The van der Waals surface area contributed by atoms with Crippen molar-refractivity contribution in [3.05, 3.63) is 97.2 Å². The van der Waals surface area contributed by atoms with Gasteiger partial charge in [0.25, 0.3) is 0 Å². The number of nitrogens with one attached hydrogen (secondary N) is 1. The fourth-order valence-corrected chi connectivity index (χ4v) is 11.5. The smallest absolute Gasteiger partial charge is 0.306 e. The first-order valence-electron chi connectivity index (χ1n) is 38.0. The van der Waals surface area contributed by atoms with Crippen molar-refractivity contribution in [3.63, 3.8) is 0 Å². The molecule has 1 saturated heterocycles.